The molecule has 4 aromatic carbocycles. The van der Waals surface area contributed by atoms with Crippen LogP contribution in [0, 0.1) is 0 Å². The van der Waals surface area contributed by atoms with Crippen molar-refractivity contribution in [2.75, 3.05) is 4.90 Å². The van der Waals surface area contributed by atoms with Gasteiger partial charge in [0.1, 0.15) is 23.2 Å². The van der Waals surface area contributed by atoms with Crippen LogP contribution in [0.3, 0.4) is 0 Å². The quantitative estimate of drug-likeness (QED) is 0.450. The standard InChI is InChI=1S/C28H22NO2P/c30-27-21-26(28(31)29(27)22-13-5-1-6-14-22)32(23-15-7-2-8-16-23,24-17-9-3-10-18-24)25-19-11-4-12-20-25/h1-21,26H. The molecule has 0 saturated heterocycles. The molecule has 5 rings (SSSR count). The SMILES string of the molecule is O=C1C([P+](c2ccccc2)(c2ccccc2)c2ccccc2)C=C([O-])N1c1ccccc1. The number of carbonyl (C=O) groups is 1. The predicted molar refractivity (Wildman–Crippen MR) is 131 cm³/mol. The summed E-state index contributed by atoms with van der Waals surface area (Å²) in [5, 5.41) is 16.4. The Kier molecular flexibility index (Phi) is 5.34. The number of hydrogen-bond donors (Lipinski definition) is 0. The van der Waals surface area contributed by atoms with Crippen molar-refractivity contribution in [1.82, 2.24) is 0 Å². The van der Waals surface area contributed by atoms with Gasteiger partial charge in [-0.15, -0.1) is 0 Å². The van der Waals surface area contributed by atoms with Crippen LogP contribution in [-0.2, 0) is 4.79 Å². The molecule has 32 heavy (non-hydrogen) atoms. The Morgan fingerprint density at radius 1 is 0.594 bits per heavy atom. The highest BCUT2D eigenvalue weighted by atomic mass is 31.2. The fourth-order valence-corrected chi connectivity index (χ4v) is 9.13. The molecule has 1 heterocycles. The highest BCUT2D eigenvalue weighted by Gasteiger charge is 2.57. The first-order chi connectivity index (χ1) is 15.7. The second kappa shape index (κ2) is 8.45. The Balaban J connectivity index is 1.79. The van der Waals surface area contributed by atoms with Gasteiger partial charge in [-0.3, -0.25) is 9.69 Å². The third-order valence-corrected chi connectivity index (χ3v) is 10.5. The summed E-state index contributed by atoms with van der Waals surface area (Å²) >= 11 is 0. The number of anilines is 1. The van der Waals surface area contributed by atoms with E-state index in [9.17, 15) is 9.90 Å². The number of rotatable bonds is 5. The first-order valence-corrected chi connectivity index (χ1v) is 12.4. The molecule has 156 valence electrons. The molecule has 1 amide bonds. The molecule has 0 aliphatic carbocycles. The summed E-state index contributed by atoms with van der Waals surface area (Å²) in [6.45, 7) is 0. The minimum absolute atomic E-state index is 0.175. The van der Waals surface area contributed by atoms with Gasteiger partial charge in [-0.05, 0) is 60.5 Å². The van der Waals surface area contributed by atoms with Crippen LogP contribution in [0.2, 0.25) is 0 Å². The molecule has 1 aliphatic rings. The van der Waals surface area contributed by atoms with E-state index in [1.165, 1.54) is 4.90 Å². The van der Waals surface area contributed by atoms with Crippen molar-refractivity contribution in [3.05, 3.63) is 133 Å². The van der Waals surface area contributed by atoms with Crippen molar-refractivity contribution < 1.29 is 9.90 Å². The number of nitrogens with zero attached hydrogens (tertiary/aromatic N) is 1. The zero-order valence-electron chi connectivity index (χ0n) is 17.4. The summed E-state index contributed by atoms with van der Waals surface area (Å²) in [4.78, 5) is 15.3. The number of hydrogen-bond acceptors (Lipinski definition) is 2. The Labute approximate surface area is 188 Å². The molecule has 0 spiro atoms. The third kappa shape index (κ3) is 3.23. The second-order valence-electron chi connectivity index (χ2n) is 7.69. The van der Waals surface area contributed by atoms with E-state index in [1.807, 2.05) is 72.8 Å². The van der Waals surface area contributed by atoms with Crippen LogP contribution < -0.4 is 25.9 Å². The maximum atomic E-state index is 14.0. The molecule has 4 heteroatoms. The first kappa shape index (κ1) is 20.2. The van der Waals surface area contributed by atoms with Crippen molar-refractivity contribution in [2.45, 2.75) is 5.66 Å². The van der Waals surface area contributed by atoms with E-state index in [4.69, 9.17) is 0 Å². The average Bonchev–Trinajstić information content (AvgIpc) is 3.16. The molecule has 0 N–H and O–H groups in total. The molecular weight excluding hydrogens is 413 g/mol. The normalized spacial score (nSPS) is 16.1. The monoisotopic (exact) mass is 435 g/mol. The Morgan fingerprint density at radius 2 is 0.969 bits per heavy atom. The second-order valence-corrected chi connectivity index (χ2v) is 11.2. The minimum Gasteiger partial charge on any atom is -0.860 e. The fourth-order valence-electron chi connectivity index (χ4n) is 4.55. The zero-order chi connectivity index (χ0) is 22.0. The van der Waals surface area contributed by atoms with Gasteiger partial charge in [0.2, 0.25) is 0 Å². The van der Waals surface area contributed by atoms with Crippen LogP contribution >= 0.6 is 7.26 Å². The van der Waals surface area contributed by atoms with Crippen LogP contribution in [0.5, 0.6) is 0 Å². The summed E-state index contributed by atoms with van der Waals surface area (Å²) < 4.78 is 0. The van der Waals surface area contributed by atoms with Crippen molar-refractivity contribution in [3.63, 3.8) is 0 Å². The van der Waals surface area contributed by atoms with E-state index in [0.29, 0.717) is 5.69 Å². The highest BCUT2D eigenvalue weighted by molar-refractivity contribution is 7.97. The lowest BCUT2D eigenvalue weighted by Crippen LogP contribution is -2.44. The van der Waals surface area contributed by atoms with E-state index in [0.717, 1.165) is 15.9 Å². The maximum Gasteiger partial charge on any atom is 0.276 e. The molecular formula is C28H22NO2P. The Morgan fingerprint density at radius 3 is 1.38 bits per heavy atom. The average molecular weight is 435 g/mol. The largest absolute Gasteiger partial charge is 0.860 e. The topological polar surface area (TPSA) is 43.4 Å². The van der Waals surface area contributed by atoms with Gasteiger partial charge in [-0.25, -0.2) is 0 Å². The highest BCUT2D eigenvalue weighted by Crippen LogP contribution is 2.62. The Hall–Kier alpha value is -3.68. The summed E-state index contributed by atoms with van der Waals surface area (Å²) in [6.07, 6.45) is 1.64. The molecule has 3 nitrogen and oxygen atoms in total. The summed E-state index contributed by atoms with van der Waals surface area (Å²) in [7, 11) is -2.52. The third-order valence-electron chi connectivity index (χ3n) is 5.92. The van der Waals surface area contributed by atoms with Crippen LogP contribution in [0.15, 0.2) is 133 Å². The lowest BCUT2D eigenvalue weighted by molar-refractivity contribution is -0.303. The Bertz CT molecular complexity index is 1150. The lowest BCUT2D eigenvalue weighted by Gasteiger charge is -2.32. The molecule has 0 aromatic heterocycles. The molecule has 0 saturated carbocycles. The molecule has 4 aromatic rings. The maximum absolute atomic E-state index is 14.0. The van der Waals surface area contributed by atoms with Gasteiger partial charge < -0.3 is 5.11 Å². The van der Waals surface area contributed by atoms with Gasteiger partial charge in [0, 0.05) is 5.69 Å². The van der Waals surface area contributed by atoms with E-state index in [1.54, 1.807) is 18.2 Å². The van der Waals surface area contributed by atoms with Gasteiger partial charge in [-0.1, -0.05) is 72.8 Å². The molecule has 0 bridgehead atoms. The summed E-state index contributed by atoms with van der Waals surface area (Å²) in [5.41, 5.74) is 0.0240. The van der Waals surface area contributed by atoms with Crippen LogP contribution in [-0.4, -0.2) is 11.6 Å². The first-order valence-electron chi connectivity index (χ1n) is 10.6. The van der Waals surface area contributed by atoms with Crippen LogP contribution in [0.4, 0.5) is 5.69 Å². The van der Waals surface area contributed by atoms with E-state index in [-0.39, 0.29) is 11.8 Å². The van der Waals surface area contributed by atoms with Crippen LogP contribution in [0.1, 0.15) is 0 Å². The van der Waals surface area contributed by atoms with Crippen LogP contribution in [0.25, 0.3) is 0 Å². The predicted octanol–water partition coefficient (Wildman–Crippen LogP) is 3.60. The summed E-state index contributed by atoms with van der Waals surface area (Å²) in [5.74, 6) is -0.440. The molecule has 0 fully saturated rings. The van der Waals surface area contributed by atoms with Gasteiger partial charge in [0.05, 0.1) is 0 Å². The number of benzene rings is 4. The molecule has 0 radical (unpaired) electrons. The van der Waals surface area contributed by atoms with Crippen molar-refractivity contribution >= 4 is 34.8 Å². The van der Waals surface area contributed by atoms with Gasteiger partial charge in [0.25, 0.3) is 5.91 Å². The molecule has 1 unspecified atom stereocenters. The van der Waals surface area contributed by atoms with Gasteiger partial charge >= 0.3 is 0 Å². The molecule has 1 atom stereocenters. The van der Waals surface area contributed by atoms with Crippen molar-refractivity contribution in [1.29, 1.82) is 0 Å². The van der Waals surface area contributed by atoms with E-state index >= 15 is 0 Å². The smallest absolute Gasteiger partial charge is 0.276 e. The lowest BCUT2D eigenvalue weighted by atomic mass is 10.3. The fraction of sp³-hybridized carbons (Fsp3) is 0.0357. The summed E-state index contributed by atoms with van der Waals surface area (Å²) in [6, 6.07) is 39.7. The number of para-hydroxylation sites is 1. The van der Waals surface area contributed by atoms with Crippen molar-refractivity contribution in [3.8, 4) is 0 Å². The number of carbonyl (C=O) groups excluding carboxylic acids is 1. The van der Waals surface area contributed by atoms with E-state index in [2.05, 4.69) is 36.4 Å². The minimum atomic E-state index is -2.52. The number of amides is 1. The van der Waals surface area contributed by atoms with Crippen molar-refractivity contribution in [2.24, 2.45) is 0 Å². The van der Waals surface area contributed by atoms with Gasteiger partial charge in [0.15, 0.2) is 5.66 Å². The zero-order valence-corrected chi connectivity index (χ0v) is 18.3. The van der Waals surface area contributed by atoms with Gasteiger partial charge in [-0.2, -0.15) is 0 Å². The van der Waals surface area contributed by atoms with E-state index < -0.39 is 12.9 Å². The molecule has 1 aliphatic heterocycles.